The molecule has 1 aliphatic heterocycles. The minimum Gasteiger partial charge on any atom is -0.454 e. The van der Waals surface area contributed by atoms with Gasteiger partial charge in [0.1, 0.15) is 12.1 Å². The minimum absolute atomic E-state index is 0.321. The van der Waals surface area contributed by atoms with E-state index in [1.54, 1.807) is 25.1 Å². The van der Waals surface area contributed by atoms with Crippen molar-refractivity contribution in [3.63, 3.8) is 0 Å². The summed E-state index contributed by atoms with van der Waals surface area (Å²) in [5.74, 6) is -1.71. The Morgan fingerprint density at radius 3 is 2.71 bits per heavy atom. The van der Waals surface area contributed by atoms with E-state index in [1.165, 1.54) is 0 Å². The van der Waals surface area contributed by atoms with Gasteiger partial charge in [-0.3, -0.25) is 19.3 Å². The molecule has 1 heterocycles. The summed E-state index contributed by atoms with van der Waals surface area (Å²) in [6, 6.07) is 6.14. The molecular formula is C19H22ClN3O5. The van der Waals surface area contributed by atoms with Crippen LogP contribution in [0.25, 0.3) is 0 Å². The molecule has 0 aromatic heterocycles. The van der Waals surface area contributed by atoms with Gasteiger partial charge in [-0.2, -0.15) is 0 Å². The fourth-order valence-electron chi connectivity index (χ4n) is 3.60. The summed E-state index contributed by atoms with van der Waals surface area (Å²) < 4.78 is 4.92. The van der Waals surface area contributed by atoms with E-state index in [0.717, 1.165) is 23.3 Å². The standard InChI is InChI=1S/C19H22ClN3O5/c1-12(13-5-4-6-14(20)9-13)21-15(24)11-28-16(25)10-23-17(26)19(22-18(23)27)7-2-3-8-19/h4-6,9,12H,2-3,7-8,10-11H2,1H3,(H,21,24)(H,22,27)/t12-/m1/s1. The number of carbonyl (C=O) groups is 4. The van der Waals surface area contributed by atoms with E-state index in [1.807, 2.05) is 6.07 Å². The van der Waals surface area contributed by atoms with Crippen LogP contribution in [0.1, 0.15) is 44.2 Å². The number of esters is 1. The van der Waals surface area contributed by atoms with Crippen molar-refractivity contribution in [1.29, 1.82) is 0 Å². The molecule has 2 fully saturated rings. The van der Waals surface area contributed by atoms with Crippen molar-refractivity contribution in [2.24, 2.45) is 0 Å². The van der Waals surface area contributed by atoms with Crippen LogP contribution in [-0.4, -0.2) is 47.4 Å². The van der Waals surface area contributed by atoms with Crippen LogP contribution < -0.4 is 10.6 Å². The second-order valence-corrected chi connectivity index (χ2v) is 7.55. The van der Waals surface area contributed by atoms with Crippen LogP contribution in [0.2, 0.25) is 5.02 Å². The fourth-order valence-corrected chi connectivity index (χ4v) is 3.80. The zero-order valence-corrected chi connectivity index (χ0v) is 16.3. The van der Waals surface area contributed by atoms with Crippen LogP contribution in [0.5, 0.6) is 0 Å². The number of halogens is 1. The molecule has 1 atom stereocenters. The summed E-state index contributed by atoms with van der Waals surface area (Å²) in [4.78, 5) is 49.4. The quantitative estimate of drug-likeness (QED) is 0.553. The molecule has 1 saturated heterocycles. The van der Waals surface area contributed by atoms with Crippen molar-refractivity contribution in [2.45, 2.75) is 44.2 Å². The molecular weight excluding hydrogens is 386 g/mol. The third kappa shape index (κ3) is 4.27. The molecule has 2 N–H and O–H groups in total. The Hall–Kier alpha value is -2.61. The maximum atomic E-state index is 12.5. The maximum absolute atomic E-state index is 12.5. The number of amides is 4. The summed E-state index contributed by atoms with van der Waals surface area (Å²) in [5, 5.41) is 5.94. The highest BCUT2D eigenvalue weighted by Crippen LogP contribution is 2.34. The topological polar surface area (TPSA) is 105 Å². The number of benzene rings is 1. The smallest absolute Gasteiger partial charge is 0.326 e. The molecule has 1 spiro atoms. The Bertz CT molecular complexity index is 807. The molecule has 0 unspecified atom stereocenters. The monoisotopic (exact) mass is 407 g/mol. The highest BCUT2D eigenvalue weighted by molar-refractivity contribution is 6.30. The predicted octanol–water partition coefficient (Wildman–Crippen LogP) is 1.93. The Morgan fingerprint density at radius 2 is 2.04 bits per heavy atom. The highest BCUT2D eigenvalue weighted by atomic mass is 35.5. The zero-order chi connectivity index (χ0) is 20.3. The summed E-state index contributed by atoms with van der Waals surface area (Å²) in [6.45, 7) is 0.766. The van der Waals surface area contributed by atoms with E-state index in [-0.39, 0.29) is 6.04 Å². The van der Waals surface area contributed by atoms with Gasteiger partial charge in [0.2, 0.25) is 0 Å². The normalized spacial score (nSPS) is 18.9. The average Bonchev–Trinajstić information content (AvgIpc) is 3.21. The lowest BCUT2D eigenvalue weighted by Gasteiger charge is -2.19. The first-order valence-electron chi connectivity index (χ1n) is 9.15. The first-order chi connectivity index (χ1) is 13.3. The van der Waals surface area contributed by atoms with Gasteiger partial charge in [-0.15, -0.1) is 0 Å². The van der Waals surface area contributed by atoms with Crippen LogP contribution in [0.3, 0.4) is 0 Å². The predicted molar refractivity (Wildman–Crippen MR) is 100 cm³/mol. The number of carbonyl (C=O) groups excluding carboxylic acids is 4. The van der Waals surface area contributed by atoms with Crippen molar-refractivity contribution in [3.05, 3.63) is 34.9 Å². The van der Waals surface area contributed by atoms with Gasteiger partial charge in [0.15, 0.2) is 6.61 Å². The Kier molecular flexibility index (Phi) is 5.88. The minimum atomic E-state index is -0.874. The average molecular weight is 408 g/mol. The summed E-state index contributed by atoms with van der Waals surface area (Å²) in [7, 11) is 0. The van der Waals surface area contributed by atoms with E-state index in [2.05, 4.69) is 10.6 Å². The number of ether oxygens (including phenoxy) is 1. The fraction of sp³-hybridized carbons (Fsp3) is 0.474. The number of nitrogens with one attached hydrogen (secondary N) is 2. The molecule has 2 aliphatic rings. The summed E-state index contributed by atoms with van der Waals surface area (Å²) in [6.07, 6.45) is 2.87. The molecule has 9 heteroatoms. The summed E-state index contributed by atoms with van der Waals surface area (Å²) in [5.41, 5.74) is -0.0606. The largest absolute Gasteiger partial charge is 0.454 e. The number of imide groups is 1. The van der Waals surface area contributed by atoms with E-state index in [4.69, 9.17) is 16.3 Å². The lowest BCUT2D eigenvalue weighted by molar-refractivity contribution is -0.151. The van der Waals surface area contributed by atoms with E-state index < -0.39 is 42.5 Å². The van der Waals surface area contributed by atoms with Crippen LogP contribution in [0.4, 0.5) is 4.79 Å². The van der Waals surface area contributed by atoms with Gasteiger partial charge in [0.25, 0.3) is 11.8 Å². The van der Waals surface area contributed by atoms with Crippen molar-refractivity contribution in [1.82, 2.24) is 15.5 Å². The van der Waals surface area contributed by atoms with Crippen molar-refractivity contribution in [2.75, 3.05) is 13.2 Å². The third-order valence-electron chi connectivity index (χ3n) is 5.08. The molecule has 0 bridgehead atoms. The molecule has 0 radical (unpaired) electrons. The number of nitrogens with zero attached hydrogens (tertiary/aromatic N) is 1. The van der Waals surface area contributed by atoms with Gasteiger partial charge in [0, 0.05) is 5.02 Å². The van der Waals surface area contributed by atoms with Crippen molar-refractivity contribution >= 4 is 35.4 Å². The van der Waals surface area contributed by atoms with E-state index >= 15 is 0 Å². The number of urea groups is 1. The van der Waals surface area contributed by atoms with Gasteiger partial charge in [0.05, 0.1) is 6.04 Å². The molecule has 1 aromatic rings. The molecule has 1 aromatic carbocycles. The summed E-state index contributed by atoms with van der Waals surface area (Å²) >= 11 is 5.93. The van der Waals surface area contributed by atoms with Crippen LogP contribution in [0, 0.1) is 0 Å². The maximum Gasteiger partial charge on any atom is 0.326 e. The first-order valence-corrected chi connectivity index (χ1v) is 9.53. The van der Waals surface area contributed by atoms with Gasteiger partial charge in [-0.1, -0.05) is 36.6 Å². The Balaban J connectivity index is 1.47. The molecule has 1 saturated carbocycles. The zero-order valence-electron chi connectivity index (χ0n) is 15.5. The van der Waals surface area contributed by atoms with Gasteiger partial charge >= 0.3 is 12.0 Å². The second-order valence-electron chi connectivity index (χ2n) is 7.12. The second kappa shape index (κ2) is 8.18. The molecule has 4 amide bonds. The number of hydrogen-bond donors (Lipinski definition) is 2. The lowest BCUT2D eigenvalue weighted by Crippen LogP contribution is -2.44. The number of rotatable bonds is 6. The first kappa shape index (κ1) is 20.1. The van der Waals surface area contributed by atoms with Crippen LogP contribution >= 0.6 is 11.6 Å². The Morgan fingerprint density at radius 1 is 1.32 bits per heavy atom. The molecule has 3 rings (SSSR count). The molecule has 28 heavy (non-hydrogen) atoms. The van der Waals surface area contributed by atoms with E-state index in [9.17, 15) is 19.2 Å². The van der Waals surface area contributed by atoms with Crippen molar-refractivity contribution < 1.29 is 23.9 Å². The molecule has 8 nitrogen and oxygen atoms in total. The highest BCUT2D eigenvalue weighted by Gasteiger charge is 2.52. The van der Waals surface area contributed by atoms with Crippen molar-refractivity contribution in [3.8, 4) is 0 Å². The molecule has 1 aliphatic carbocycles. The Labute approximate surface area is 167 Å². The molecule has 150 valence electrons. The SMILES string of the molecule is C[C@@H](NC(=O)COC(=O)CN1C(=O)NC2(CCCC2)C1=O)c1cccc(Cl)c1. The van der Waals surface area contributed by atoms with Crippen LogP contribution in [0.15, 0.2) is 24.3 Å². The van der Waals surface area contributed by atoms with Gasteiger partial charge in [-0.05, 0) is 37.5 Å². The van der Waals surface area contributed by atoms with Gasteiger partial charge in [-0.25, -0.2) is 4.79 Å². The third-order valence-corrected chi connectivity index (χ3v) is 5.32. The van der Waals surface area contributed by atoms with E-state index in [0.29, 0.717) is 17.9 Å². The van der Waals surface area contributed by atoms with Crippen LogP contribution in [-0.2, 0) is 19.1 Å². The number of hydrogen-bond acceptors (Lipinski definition) is 5. The van der Waals surface area contributed by atoms with Gasteiger partial charge < -0.3 is 15.4 Å². The lowest BCUT2D eigenvalue weighted by atomic mass is 9.98.